The molecule has 1 saturated carbocycles. The van der Waals surface area contributed by atoms with Gasteiger partial charge in [-0.2, -0.15) is 0 Å². The Labute approximate surface area is 151 Å². The largest absolute Gasteiger partial charge is 0.494 e. The van der Waals surface area contributed by atoms with Crippen LogP contribution in [-0.4, -0.2) is 28.9 Å². The molecule has 25 heavy (non-hydrogen) atoms. The number of H-pyrrole nitrogens is 1. The molecule has 0 radical (unpaired) electrons. The van der Waals surface area contributed by atoms with Gasteiger partial charge in [-0.25, -0.2) is 0 Å². The van der Waals surface area contributed by atoms with Gasteiger partial charge in [0.2, 0.25) is 5.88 Å². The number of aromatic nitrogens is 1. The Balaban J connectivity index is 1.44. The second kappa shape index (κ2) is 8.06. The molecule has 136 valence electrons. The lowest BCUT2D eigenvalue weighted by Gasteiger charge is -2.33. The van der Waals surface area contributed by atoms with Crippen molar-refractivity contribution in [2.45, 2.75) is 51.0 Å². The number of aromatic hydroxyl groups is 1. The van der Waals surface area contributed by atoms with Crippen molar-refractivity contribution < 1.29 is 14.6 Å². The Kier molecular flexibility index (Phi) is 5.81. The van der Waals surface area contributed by atoms with E-state index in [0.717, 1.165) is 35.5 Å². The van der Waals surface area contributed by atoms with Crippen LogP contribution in [0.5, 0.6) is 11.6 Å². The van der Waals surface area contributed by atoms with Gasteiger partial charge in [-0.15, -0.1) is 0 Å². The molecule has 2 N–H and O–H groups in total. The van der Waals surface area contributed by atoms with Crippen LogP contribution in [0, 0.1) is 0 Å². The molecule has 0 amide bonds. The highest BCUT2D eigenvalue weighted by Crippen LogP contribution is 2.30. The van der Waals surface area contributed by atoms with Crippen molar-refractivity contribution in [1.82, 2.24) is 4.98 Å². The van der Waals surface area contributed by atoms with Crippen molar-refractivity contribution in [2.75, 3.05) is 13.2 Å². The highest BCUT2D eigenvalue weighted by Gasteiger charge is 2.27. The lowest BCUT2D eigenvalue weighted by Crippen LogP contribution is -2.32. The second-order valence-corrected chi connectivity index (χ2v) is 7.88. The molecule has 0 spiro atoms. The van der Waals surface area contributed by atoms with Gasteiger partial charge in [0.25, 0.3) is 0 Å². The topological polar surface area (TPSA) is 71.5 Å². The Hall–Kier alpha value is -1.79. The third kappa shape index (κ3) is 5.09. The van der Waals surface area contributed by atoms with Gasteiger partial charge >= 0.3 is 4.87 Å². The van der Waals surface area contributed by atoms with Gasteiger partial charge in [-0.1, -0.05) is 42.7 Å². The van der Waals surface area contributed by atoms with Crippen LogP contribution in [0.1, 0.15) is 49.5 Å². The summed E-state index contributed by atoms with van der Waals surface area (Å²) < 4.78 is 11.8. The van der Waals surface area contributed by atoms with Crippen molar-refractivity contribution in [3.8, 4) is 11.6 Å². The molecule has 0 atom stereocenters. The van der Waals surface area contributed by atoms with Crippen LogP contribution in [0.3, 0.4) is 0 Å². The molecule has 5 nitrogen and oxygen atoms in total. The summed E-state index contributed by atoms with van der Waals surface area (Å²) in [4.78, 5) is 14.0. The van der Waals surface area contributed by atoms with E-state index < -0.39 is 0 Å². The number of hydrogen-bond donors (Lipinski definition) is 2. The zero-order valence-electron chi connectivity index (χ0n) is 14.5. The minimum absolute atomic E-state index is 0.0195. The molecule has 0 saturated heterocycles. The minimum atomic E-state index is -0.237. The van der Waals surface area contributed by atoms with E-state index in [1.54, 1.807) is 0 Å². The number of nitrogens with one attached hydrogen (secondary N) is 1. The first kappa shape index (κ1) is 18.0. The average Bonchev–Trinajstić information content (AvgIpc) is 2.91. The molecular weight excluding hydrogens is 338 g/mol. The average molecular weight is 363 g/mol. The van der Waals surface area contributed by atoms with Crippen molar-refractivity contribution in [3.63, 3.8) is 0 Å². The maximum atomic E-state index is 11.2. The van der Waals surface area contributed by atoms with Crippen LogP contribution >= 0.6 is 11.3 Å². The number of rotatable bonds is 7. The van der Waals surface area contributed by atoms with Crippen LogP contribution in [0.4, 0.5) is 0 Å². The van der Waals surface area contributed by atoms with E-state index in [1.165, 1.54) is 19.3 Å². The Morgan fingerprint density at radius 2 is 1.88 bits per heavy atom. The van der Waals surface area contributed by atoms with Crippen LogP contribution < -0.4 is 9.61 Å². The fourth-order valence-corrected chi connectivity index (χ4v) is 4.01. The van der Waals surface area contributed by atoms with Gasteiger partial charge in [0, 0.05) is 6.42 Å². The number of ether oxygens (including phenoxy) is 2. The predicted octanol–water partition coefficient (Wildman–Crippen LogP) is 3.85. The molecule has 1 heterocycles. The first-order chi connectivity index (χ1) is 12.0. The first-order valence-electron chi connectivity index (χ1n) is 8.81. The molecule has 1 aliphatic rings. The third-order valence-corrected chi connectivity index (χ3v) is 5.57. The normalized spacial score (nSPS) is 16.7. The second-order valence-electron chi connectivity index (χ2n) is 6.81. The fraction of sp³-hybridized carbons (Fsp3) is 0.526. The monoisotopic (exact) mass is 363 g/mol. The zero-order valence-corrected chi connectivity index (χ0v) is 15.4. The van der Waals surface area contributed by atoms with E-state index in [-0.39, 0.29) is 16.4 Å². The molecule has 0 unspecified atom stereocenters. The Morgan fingerprint density at radius 3 is 2.52 bits per heavy atom. The highest BCUT2D eigenvalue weighted by atomic mass is 32.1. The zero-order chi connectivity index (χ0) is 17.7. The fourth-order valence-electron chi connectivity index (χ4n) is 3.25. The van der Waals surface area contributed by atoms with Crippen LogP contribution in [0.15, 0.2) is 29.1 Å². The van der Waals surface area contributed by atoms with Gasteiger partial charge in [0.1, 0.15) is 12.4 Å². The molecule has 0 bridgehead atoms. The maximum absolute atomic E-state index is 11.2. The standard InChI is InChI=1S/C19H25NO4S/c1-19(9-3-2-4-10-19)24-12-11-23-15-7-5-14(6-8-15)13-16-17(21)20-18(22)25-16/h5-8,21H,2-4,9-13H2,1H3,(H,20,22). The van der Waals surface area contributed by atoms with Crippen molar-refractivity contribution >= 4 is 11.3 Å². The van der Waals surface area contributed by atoms with E-state index in [9.17, 15) is 9.90 Å². The molecule has 0 aliphatic heterocycles. The summed E-state index contributed by atoms with van der Waals surface area (Å²) in [5, 5.41) is 9.64. The van der Waals surface area contributed by atoms with Crippen molar-refractivity contribution in [1.29, 1.82) is 0 Å². The van der Waals surface area contributed by atoms with Gasteiger partial charge in [0.15, 0.2) is 0 Å². The summed E-state index contributed by atoms with van der Waals surface area (Å²) in [5.74, 6) is 0.760. The number of benzene rings is 1. The number of aromatic amines is 1. The Bertz CT molecular complexity index is 729. The number of hydrogen-bond acceptors (Lipinski definition) is 5. The lowest BCUT2D eigenvalue weighted by molar-refractivity contribution is -0.0647. The molecule has 1 aliphatic carbocycles. The van der Waals surface area contributed by atoms with Crippen LogP contribution in [-0.2, 0) is 11.2 Å². The van der Waals surface area contributed by atoms with E-state index in [1.807, 2.05) is 24.3 Å². The van der Waals surface area contributed by atoms with E-state index in [4.69, 9.17) is 9.47 Å². The highest BCUT2D eigenvalue weighted by molar-refractivity contribution is 7.09. The van der Waals surface area contributed by atoms with Crippen molar-refractivity contribution in [3.05, 3.63) is 44.4 Å². The molecule has 1 aromatic heterocycles. The van der Waals surface area contributed by atoms with Crippen LogP contribution in [0.2, 0.25) is 0 Å². The van der Waals surface area contributed by atoms with Gasteiger partial charge in [0.05, 0.1) is 17.1 Å². The van der Waals surface area contributed by atoms with Crippen LogP contribution in [0.25, 0.3) is 0 Å². The molecule has 3 rings (SSSR count). The molecular formula is C19H25NO4S. The summed E-state index contributed by atoms with van der Waals surface area (Å²) in [6.45, 7) is 3.34. The van der Waals surface area contributed by atoms with Gasteiger partial charge < -0.3 is 14.6 Å². The summed E-state index contributed by atoms with van der Waals surface area (Å²) in [6.07, 6.45) is 6.63. The maximum Gasteiger partial charge on any atom is 0.307 e. The first-order valence-corrected chi connectivity index (χ1v) is 9.62. The number of thiazole rings is 1. The molecule has 2 aromatic rings. The summed E-state index contributed by atoms with van der Waals surface area (Å²) in [7, 11) is 0. The quantitative estimate of drug-likeness (QED) is 0.733. The predicted molar refractivity (Wildman–Crippen MR) is 98.8 cm³/mol. The third-order valence-electron chi connectivity index (χ3n) is 4.70. The molecule has 1 fully saturated rings. The van der Waals surface area contributed by atoms with E-state index in [2.05, 4.69) is 11.9 Å². The molecule has 6 heteroatoms. The van der Waals surface area contributed by atoms with Gasteiger partial charge in [-0.05, 0) is 37.5 Å². The molecule has 1 aromatic carbocycles. The van der Waals surface area contributed by atoms with E-state index >= 15 is 0 Å². The summed E-state index contributed by atoms with van der Waals surface area (Å²) in [6, 6.07) is 7.71. The van der Waals surface area contributed by atoms with Gasteiger partial charge in [-0.3, -0.25) is 9.78 Å². The summed E-state index contributed by atoms with van der Waals surface area (Å²) in [5.41, 5.74) is 1.04. The minimum Gasteiger partial charge on any atom is -0.494 e. The van der Waals surface area contributed by atoms with Crippen molar-refractivity contribution in [2.24, 2.45) is 0 Å². The summed E-state index contributed by atoms with van der Waals surface area (Å²) >= 11 is 1.03. The van der Waals surface area contributed by atoms with E-state index in [0.29, 0.717) is 24.5 Å². The Morgan fingerprint density at radius 1 is 1.16 bits per heavy atom. The smallest absolute Gasteiger partial charge is 0.307 e. The lowest BCUT2D eigenvalue weighted by atomic mass is 9.86. The SMILES string of the molecule is CC1(OCCOc2ccc(Cc3sc(=O)[nH]c3O)cc2)CCCCC1.